The molecule has 3 aromatic heterocycles. The third kappa shape index (κ3) is 4.31. The summed E-state index contributed by atoms with van der Waals surface area (Å²) >= 11 is 1.63. The number of anilines is 1. The Morgan fingerprint density at radius 1 is 1.03 bits per heavy atom. The van der Waals surface area contributed by atoms with Gasteiger partial charge in [-0.1, -0.05) is 31.0 Å². The van der Waals surface area contributed by atoms with E-state index in [0.717, 1.165) is 34.4 Å². The highest BCUT2D eigenvalue weighted by Gasteiger charge is 2.19. The van der Waals surface area contributed by atoms with E-state index in [1.165, 1.54) is 12.8 Å². The quantitative estimate of drug-likeness (QED) is 0.441. The lowest BCUT2D eigenvalue weighted by atomic mass is 10.2. The van der Waals surface area contributed by atoms with Crippen LogP contribution < -0.4 is 5.32 Å². The highest BCUT2D eigenvalue weighted by atomic mass is 32.2. The Morgan fingerprint density at radius 2 is 1.84 bits per heavy atom. The molecule has 0 aliphatic heterocycles. The Labute approximate surface area is 185 Å². The number of rotatable bonds is 6. The predicted octanol–water partition coefficient (Wildman–Crippen LogP) is 5.08. The number of hydrogen-bond donors (Lipinski definition) is 1. The molecule has 0 unspecified atom stereocenters. The topological polar surface area (TPSA) is 84.8 Å². The van der Waals surface area contributed by atoms with Gasteiger partial charge in [0, 0.05) is 17.8 Å². The van der Waals surface area contributed by atoms with Crippen molar-refractivity contribution in [1.82, 2.24) is 15.0 Å². The van der Waals surface area contributed by atoms with E-state index in [1.54, 1.807) is 53.9 Å². The van der Waals surface area contributed by atoms with E-state index in [2.05, 4.69) is 10.3 Å². The van der Waals surface area contributed by atoms with Crippen molar-refractivity contribution < 1.29 is 8.42 Å². The van der Waals surface area contributed by atoms with Crippen LogP contribution in [0.5, 0.6) is 0 Å². The largest absolute Gasteiger partial charge is 0.366 e. The van der Waals surface area contributed by atoms with Gasteiger partial charge in [-0.05, 0) is 48.6 Å². The normalized spacial score (nSPS) is 14.8. The molecule has 0 saturated heterocycles. The van der Waals surface area contributed by atoms with Gasteiger partial charge < -0.3 is 5.32 Å². The van der Waals surface area contributed by atoms with E-state index in [0.29, 0.717) is 22.5 Å². The van der Waals surface area contributed by atoms with Crippen LogP contribution in [0.15, 0.2) is 65.0 Å². The van der Waals surface area contributed by atoms with Crippen molar-refractivity contribution in [1.29, 1.82) is 0 Å². The maximum Gasteiger partial charge on any atom is 0.184 e. The maximum atomic E-state index is 12.8. The van der Waals surface area contributed by atoms with E-state index in [4.69, 9.17) is 9.97 Å². The zero-order chi connectivity index (χ0) is 21.3. The standard InChI is InChI=1S/C23H22N4O2S2/c28-31(29,19-8-2-1-3-9-19)15-18-14-16(10-12-24-18)22-26-20-11-13-30-21(20)23(27-22)25-17-6-4-5-7-17/h1-3,8-14,17H,4-7,15H2,(H,25,26,27). The minimum Gasteiger partial charge on any atom is -0.366 e. The molecule has 1 aliphatic carbocycles. The van der Waals surface area contributed by atoms with Crippen LogP contribution in [0, 0.1) is 0 Å². The molecule has 1 aromatic carbocycles. The van der Waals surface area contributed by atoms with Crippen molar-refractivity contribution >= 4 is 37.2 Å². The van der Waals surface area contributed by atoms with Crippen LogP contribution in [0.4, 0.5) is 5.82 Å². The Bertz CT molecular complexity index is 1310. The lowest BCUT2D eigenvalue weighted by Gasteiger charge is -2.14. The van der Waals surface area contributed by atoms with Crippen LogP contribution in [-0.2, 0) is 15.6 Å². The molecule has 3 heterocycles. The Morgan fingerprint density at radius 3 is 2.65 bits per heavy atom. The molecule has 0 atom stereocenters. The number of hydrogen-bond acceptors (Lipinski definition) is 7. The first kappa shape index (κ1) is 20.1. The molecule has 4 aromatic rings. The van der Waals surface area contributed by atoms with Crippen molar-refractivity contribution in [3.63, 3.8) is 0 Å². The van der Waals surface area contributed by atoms with Gasteiger partial charge in [0.2, 0.25) is 0 Å². The fourth-order valence-corrected chi connectivity index (χ4v) is 6.03. The molecule has 8 heteroatoms. The summed E-state index contributed by atoms with van der Waals surface area (Å²) < 4.78 is 26.6. The molecule has 1 N–H and O–H groups in total. The predicted molar refractivity (Wildman–Crippen MR) is 124 cm³/mol. The van der Waals surface area contributed by atoms with E-state index in [-0.39, 0.29) is 5.75 Å². The zero-order valence-corrected chi connectivity index (χ0v) is 18.5. The van der Waals surface area contributed by atoms with Crippen LogP contribution in [0.2, 0.25) is 0 Å². The van der Waals surface area contributed by atoms with Crippen molar-refractivity contribution in [3.8, 4) is 11.4 Å². The second-order valence-corrected chi connectivity index (χ2v) is 10.7. The molecule has 31 heavy (non-hydrogen) atoms. The van der Waals surface area contributed by atoms with Gasteiger partial charge in [-0.25, -0.2) is 18.4 Å². The summed E-state index contributed by atoms with van der Waals surface area (Å²) in [5.74, 6) is 1.27. The first-order valence-corrected chi connectivity index (χ1v) is 12.9. The highest BCUT2D eigenvalue weighted by molar-refractivity contribution is 7.90. The first-order chi connectivity index (χ1) is 15.1. The summed E-state index contributed by atoms with van der Waals surface area (Å²) in [4.78, 5) is 14.1. The number of fused-ring (bicyclic) bond motifs is 1. The Balaban J connectivity index is 1.48. The van der Waals surface area contributed by atoms with Crippen molar-refractivity contribution in [2.75, 3.05) is 5.32 Å². The zero-order valence-electron chi connectivity index (χ0n) is 16.9. The van der Waals surface area contributed by atoms with Gasteiger partial charge in [0.15, 0.2) is 15.7 Å². The number of pyridine rings is 1. The lowest BCUT2D eigenvalue weighted by molar-refractivity contribution is 0.594. The fraction of sp³-hybridized carbons (Fsp3) is 0.261. The van der Waals surface area contributed by atoms with Crippen LogP contribution in [0.25, 0.3) is 21.6 Å². The molecule has 158 valence electrons. The van der Waals surface area contributed by atoms with Gasteiger partial charge >= 0.3 is 0 Å². The third-order valence-corrected chi connectivity index (χ3v) is 8.09. The molecule has 5 rings (SSSR count). The number of thiophene rings is 1. The van der Waals surface area contributed by atoms with Crippen LogP contribution in [-0.4, -0.2) is 29.4 Å². The summed E-state index contributed by atoms with van der Waals surface area (Å²) in [6.45, 7) is 0. The van der Waals surface area contributed by atoms with E-state index in [9.17, 15) is 8.42 Å². The monoisotopic (exact) mass is 450 g/mol. The van der Waals surface area contributed by atoms with Crippen LogP contribution >= 0.6 is 11.3 Å². The second kappa shape index (κ2) is 8.36. The first-order valence-electron chi connectivity index (χ1n) is 10.3. The summed E-state index contributed by atoms with van der Waals surface area (Å²) in [6, 6.07) is 14.5. The average molecular weight is 451 g/mol. The van der Waals surface area contributed by atoms with Crippen LogP contribution in [0.1, 0.15) is 31.4 Å². The third-order valence-electron chi connectivity index (χ3n) is 5.51. The average Bonchev–Trinajstić information content (AvgIpc) is 3.46. The molecule has 1 aliphatic rings. The maximum absolute atomic E-state index is 12.8. The highest BCUT2D eigenvalue weighted by Crippen LogP contribution is 2.32. The summed E-state index contributed by atoms with van der Waals surface area (Å²) in [7, 11) is -3.48. The van der Waals surface area contributed by atoms with Crippen molar-refractivity contribution in [2.45, 2.75) is 42.4 Å². The lowest BCUT2D eigenvalue weighted by Crippen LogP contribution is -2.16. The number of nitrogens with zero attached hydrogens (tertiary/aromatic N) is 3. The molecule has 0 amide bonds. The minimum absolute atomic E-state index is 0.168. The number of nitrogens with one attached hydrogen (secondary N) is 1. The molecule has 0 radical (unpaired) electrons. The Hall–Kier alpha value is -2.84. The van der Waals surface area contributed by atoms with Gasteiger partial charge in [-0.15, -0.1) is 11.3 Å². The SMILES string of the molecule is O=S(=O)(Cc1cc(-c2nc(NC3CCCC3)c3sccc3n2)ccn1)c1ccccc1. The molecular weight excluding hydrogens is 428 g/mol. The number of benzene rings is 1. The number of aromatic nitrogens is 3. The molecule has 0 spiro atoms. The summed E-state index contributed by atoms with van der Waals surface area (Å²) in [5.41, 5.74) is 2.13. The fourth-order valence-electron chi connectivity index (χ4n) is 3.96. The molecule has 6 nitrogen and oxygen atoms in total. The second-order valence-electron chi connectivity index (χ2n) is 7.76. The summed E-state index contributed by atoms with van der Waals surface area (Å²) in [5, 5.41) is 5.62. The molecule has 0 bridgehead atoms. The van der Waals surface area contributed by atoms with E-state index >= 15 is 0 Å². The minimum atomic E-state index is -3.48. The summed E-state index contributed by atoms with van der Waals surface area (Å²) in [6.07, 6.45) is 6.42. The van der Waals surface area contributed by atoms with Crippen molar-refractivity contribution in [2.24, 2.45) is 0 Å². The molecule has 1 fully saturated rings. The molecular formula is C23H22N4O2S2. The van der Waals surface area contributed by atoms with Gasteiger partial charge in [0.25, 0.3) is 0 Å². The van der Waals surface area contributed by atoms with E-state index in [1.807, 2.05) is 17.5 Å². The van der Waals surface area contributed by atoms with Gasteiger partial charge in [-0.2, -0.15) is 0 Å². The van der Waals surface area contributed by atoms with Gasteiger partial charge in [0.1, 0.15) is 5.82 Å². The van der Waals surface area contributed by atoms with Crippen molar-refractivity contribution in [3.05, 3.63) is 65.8 Å². The van der Waals surface area contributed by atoms with Gasteiger partial charge in [0.05, 0.1) is 26.6 Å². The number of sulfone groups is 1. The van der Waals surface area contributed by atoms with Crippen LogP contribution in [0.3, 0.4) is 0 Å². The Kier molecular flexibility index (Phi) is 5.41. The van der Waals surface area contributed by atoms with E-state index < -0.39 is 9.84 Å². The van der Waals surface area contributed by atoms with Gasteiger partial charge in [-0.3, -0.25) is 4.98 Å². The molecule has 1 saturated carbocycles. The smallest absolute Gasteiger partial charge is 0.184 e.